The topological polar surface area (TPSA) is 64.4 Å². The molecule has 1 aliphatic heterocycles. The van der Waals surface area contributed by atoms with Crippen LogP contribution in [0.25, 0.3) is 0 Å². The highest BCUT2D eigenvalue weighted by Gasteiger charge is 2.32. The van der Waals surface area contributed by atoms with Gasteiger partial charge in [0.1, 0.15) is 0 Å². The molecule has 0 saturated carbocycles. The number of aromatic nitrogens is 2. The van der Waals surface area contributed by atoms with Gasteiger partial charge in [0.05, 0.1) is 17.9 Å². The second kappa shape index (κ2) is 5.77. The third kappa shape index (κ3) is 3.17. The molecule has 1 fully saturated rings. The van der Waals surface area contributed by atoms with Crippen molar-refractivity contribution in [1.29, 1.82) is 0 Å². The van der Waals surface area contributed by atoms with Crippen LogP contribution < -0.4 is 0 Å². The van der Waals surface area contributed by atoms with E-state index in [9.17, 15) is 4.79 Å². The maximum Gasteiger partial charge on any atom is 0.313 e. The zero-order chi connectivity index (χ0) is 14.9. The predicted molar refractivity (Wildman–Crippen MR) is 78.4 cm³/mol. The third-order valence-corrected chi connectivity index (χ3v) is 4.48. The molecule has 2 rings (SSSR count). The van der Waals surface area contributed by atoms with Gasteiger partial charge in [-0.1, -0.05) is 32.5 Å². The van der Waals surface area contributed by atoms with Crippen LogP contribution in [0.5, 0.6) is 0 Å². The number of imidazole rings is 1. The quantitative estimate of drug-likeness (QED) is 0.866. The van der Waals surface area contributed by atoms with Crippen molar-refractivity contribution in [3.8, 4) is 0 Å². The average molecular weight is 298 g/mol. The third-order valence-electron chi connectivity index (χ3n) is 3.52. The molecule has 2 unspecified atom stereocenters. The summed E-state index contributed by atoms with van der Waals surface area (Å²) in [6.45, 7) is 9.25. The lowest BCUT2D eigenvalue weighted by Gasteiger charge is -2.27. The second-order valence-corrected chi connectivity index (χ2v) is 7.10. The molecule has 0 aliphatic carbocycles. The number of carboxylic acids is 1. The molecule has 0 radical (unpaired) electrons. The number of nitrogens with zero attached hydrogens (tertiary/aromatic N) is 2. The lowest BCUT2D eigenvalue weighted by atomic mass is 9.92. The van der Waals surface area contributed by atoms with Gasteiger partial charge in [-0.25, -0.2) is 4.98 Å². The summed E-state index contributed by atoms with van der Waals surface area (Å²) in [4.78, 5) is 15.2. The Morgan fingerprint density at radius 1 is 1.60 bits per heavy atom. The van der Waals surface area contributed by atoms with Crippen LogP contribution in [0, 0.1) is 0 Å². The number of thioether (sulfide) groups is 1. The predicted octanol–water partition coefficient (Wildman–Crippen LogP) is 2.71. The molecule has 0 bridgehead atoms. The molecular formula is C14H22N2O3S. The lowest BCUT2D eigenvalue weighted by Crippen LogP contribution is -2.25. The number of ether oxygens (including phenoxy) is 1. The molecule has 0 aromatic carbocycles. The Morgan fingerprint density at radius 2 is 2.30 bits per heavy atom. The number of hydrogen-bond donors (Lipinski definition) is 1. The molecule has 5 nitrogen and oxygen atoms in total. The Hall–Kier alpha value is -1.01. The standard InChI is InChI=1S/C14H22N2O3S/c1-9-10(5-6-19-9)16-11(14(2,3)4)7-15-13(16)20-8-12(17)18/h7,9-10H,5-6,8H2,1-4H3,(H,17,18). The van der Waals surface area contributed by atoms with Crippen molar-refractivity contribution in [3.05, 3.63) is 11.9 Å². The van der Waals surface area contributed by atoms with Crippen molar-refractivity contribution in [3.63, 3.8) is 0 Å². The van der Waals surface area contributed by atoms with E-state index in [-0.39, 0.29) is 23.3 Å². The Labute approximate surface area is 123 Å². The number of rotatable bonds is 4. The Morgan fingerprint density at radius 3 is 2.80 bits per heavy atom. The monoisotopic (exact) mass is 298 g/mol. The highest BCUT2D eigenvalue weighted by Crippen LogP contribution is 2.36. The molecule has 112 valence electrons. The summed E-state index contributed by atoms with van der Waals surface area (Å²) in [5, 5.41) is 9.64. The summed E-state index contributed by atoms with van der Waals surface area (Å²) >= 11 is 1.28. The van der Waals surface area contributed by atoms with Gasteiger partial charge in [-0.05, 0) is 13.3 Å². The minimum absolute atomic E-state index is 0.0303. The Bertz CT molecular complexity index is 493. The number of carbonyl (C=O) groups is 1. The van der Waals surface area contributed by atoms with Crippen molar-refractivity contribution < 1.29 is 14.6 Å². The first-order valence-corrected chi connectivity index (χ1v) is 7.83. The zero-order valence-electron chi connectivity index (χ0n) is 12.4. The molecule has 20 heavy (non-hydrogen) atoms. The highest BCUT2D eigenvalue weighted by atomic mass is 32.2. The molecular weight excluding hydrogens is 276 g/mol. The van der Waals surface area contributed by atoms with Gasteiger partial charge >= 0.3 is 5.97 Å². The van der Waals surface area contributed by atoms with Gasteiger partial charge < -0.3 is 14.4 Å². The maximum absolute atomic E-state index is 10.8. The summed E-state index contributed by atoms with van der Waals surface area (Å²) in [7, 11) is 0. The molecule has 2 atom stereocenters. The molecule has 1 saturated heterocycles. The minimum Gasteiger partial charge on any atom is -0.481 e. The first-order valence-electron chi connectivity index (χ1n) is 6.84. The normalized spacial score (nSPS) is 23.2. The van der Waals surface area contributed by atoms with Crippen LogP contribution in [0.3, 0.4) is 0 Å². The largest absolute Gasteiger partial charge is 0.481 e. The molecule has 1 N–H and O–H groups in total. The van der Waals surface area contributed by atoms with Gasteiger partial charge in [-0.2, -0.15) is 0 Å². The summed E-state index contributed by atoms with van der Waals surface area (Å²) in [5.74, 6) is -0.791. The smallest absolute Gasteiger partial charge is 0.313 e. The first kappa shape index (κ1) is 15.4. The molecule has 1 aromatic rings. The first-order chi connectivity index (χ1) is 9.30. The average Bonchev–Trinajstić information content (AvgIpc) is 2.90. The van der Waals surface area contributed by atoms with Gasteiger partial charge in [-0.3, -0.25) is 4.79 Å². The van der Waals surface area contributed by atoms with E-state index >= 15 is 0 Å². The molecule has 2 heterocycles. The summed E-state index contributed by atoms with van der Waals surface area (Å²) in [6.07, 6.45) is 2.95. The van der Waals surface area contributed by atoms with Gasteiger partial charge in [0.15, 0.2) is 5.16 Å². The number of carboxylic acid groups (broad SMARTS) is 1. The van der Waals surface area contributed by atoms with Crippen LogP contribution in [0.1, 0.15) is 45.9 Å². The zero-order valence-corrected chi connectivity index (χ0v) is 13.2. The molecule has 0 amide bonds. The van der Waals surface area contributed by atoms with Crippen LogP contribution in [0.4, 0.5) is 0 Å². The van der Waals surface area contributed by atoms with E-state index in [1.54, 1.807) is 0 Å². The minimum atomic E-state index is -0.822. The van der Waals surface area contributed by atoms with Crippen molar-refractivity contribution >= 4 is 17.7 Å². The van der Waals surface area contributed by atoms with Crippen molar-refractivity contribution in [2.45, 2.75) is 56.8 Å². The van der Waals surface area contributed by atoms with Crippen LogP contribution in [0.15, 0.2) is 11.4 Å². The van der Waals surface area contributed by atoms with E-state index in [0.29, 0.717) is 0 Å². The van der Waals surface area contributed by atoms with Crippen molar-refractivity contribution in [2.24, 2.45) is 0 Å². The summed E-state index contributed by atoms with van der Waals surface area (Å²) in [6, 6.07) is 0.239. The number of hydrogen-bond acceptors (Lipinski definition) is 4. The molecule has 6 heteroatoms. The Balaban J connectivity index is 2.37. The van der Waals surface area contributed by atoms with Crippen LogP contribution in [-0.2, 0) is 14.9 Å². The van der Waals surface area contributed by atoms with Crippen LogP contribution in [-0.4, -0.2) is 39.1 Å². The van der Waals surface area contributed by atoms with Crippen molar-refractivity contribution in [2.75, 3.05) is 12.4 Å². The fraction of sp³-hybridized carbons (Fsp3) is 0.714. The van der Waals surface area contributed by atoms with Crippen LogP contribution in [0.2, 0.25) is 0 Å². The van der Waals surface area contributed by atoms with Gasteiger partial charge in [0.25, 0.3) is 0 Å². The van der Waals surface area contributed by atoms with Crippen molar-refractivity contribution in [1.82, 2.24) is 9.55 Å². The summed E-state index contributed by atoms with van der Waals surface area (Å²) in [5.41, 5.74) is 1.10. The fourth-order valence-corrected chi connectivity index (χ4v) is 3.26. The second-order valence-electron chi connectivity index (χ2n) is 6.16. The SMILES string of the molecule is CC1OCCC1n1c(C(C)(C)C)cnc1SCC(=O)O. The highest BCUT2D eigenvalue weighted by molar-refractivity contribution is 7.99. The fourth-order valence-electron chi connectivity index (χ4n) is 2.51. The van der Waals surface area contributed by atoms with Gasteiger partial charge in [0.2, 0.25) is 0 Å². The molecule has 1 aromatic heterocycles. The summed E-state index contributed by atoms with van der Waals surface area (Å²) < 4.78 is 7.85. The van der Waals surface area contributed by atoms with Crippen LogP contribution >= 0.6 is 11.8 Å². The van der Waals surface area contributed by atoms with E-state index in [1.807, 2.05) is 6.20 Å². The van der Waals surface area contributed by atoms with E-state index in [0.717, 1.165) is 23.9 Å². The maximum atomic E-state index is 10.8. The number of aliphatic carboxylic acids is 1. The molecule has 0 spiro atoms. The van der Waals surface area contributed by atoms with E-state index in [2.05, 4.69) is 37.2 Å². The van der Waals surface area contributed by atoms with E-state index in [1.165, 1.54) is 11.8 Å². The molecule has 1 aliphatic rings. The lowest BCUT2D eigenvalue weighted by molar-refractivity contribution is -0.133. The van der Waals surface area contributed by atoms with Gasteiger partial charge in [-0.15, -0.1) is 0 Å². The van der Waals surface area contributed by atoms with E-state index in [4.69, 9.17) is 9.84 Å². The van der Waals surface area contributed by atoms with Gasteiger partial charge in [0, 0.05) is 23.9 Å². The van der Waals surface area contributed by atoms with E-state index < -0.39 is 5.97 Å². The Kier molecular flexibility index (Phi) is 4.44.